The van der Waals surface area contributed by atoms with Crippen LogP contribution < -0.4 is 5.73 Å². The average Bonchev–Trinajstić information content (AvgIpc) is 2.90. The summed E-state index contributed by atoms with van der Waals surface area (Å²) in [5.41, 5.74) is 7.15. The van der Waals surface area contributed by atoms with Gasteiger partial charge in [-0.15, -0.1) is 11.3 Å². The molecule has 1 atom stereocenters. The summed E-state index contributed by atoms with van der Waals surface area (Å²) >= 11 is 7.42. The van der Waals surface area contributed by atoms with Gasteiger partial charge in [0.2, 0.25) is 5.91 Å². The molecule has 112 valence electrons. The highest BCUT2D eigenvalue weighted by atomic mass is 35.5. The van der Waals surface area contributed by atoms with Gasteiger partial charge in [-0.1, -0.05) is 41.9 Å². The van der Waals surface area contributed by atoms with Crippen LogP contribution in [0.4, 0.5) is 0 Å². The fraction of sp³-hybridized carbons (Fsp3) is 0.312. The number of nitrogens with zero attached hydrogens (tertiary/aromatic N) is 1. The molecule has 0 aliphatic rings. The van der Waals surface area contributed by atoms with Crippen LogP contribution in [0.25, 0.3) is 0 Å². The number of hydrogen-bond donors (Lipinski definition) is 1. The van der Waals surface area contributed by atoms with E-state index in [1.54, 1.807) is 4.90 Å². The lowest BCUT2D eigenvalue weighted by Crippen LogP contribution is -2.44. The number of carbonyl (C=O) groups is 1. The first-order chi connectivity index (χ1) is 10.1. The van der Waals surface area contributed by atoms with Gasteiger partial charge in [0.05, 0.1) is 16.9 Å². The molecule has 1 aromatic carbocycles. The maximum Gasteiger partial charge on any atom is 0.240 e. The molecule has 21 heavy (non-hydrogen) atoms. The van der Waals surface area contributed by atoms with Crippen LogP contribution in [-0.4, -0.2) is 23.4 Å². The van der Waals surface area contributed by atoms with Crippen molar-refractivity contribution in [3.63, 3.8) is 0 Å². The van der Waals surface area contributed by atoms with Gasteiger partial charge in [-0.3, -0.25) is 4.79 Å². The van der Waals surface area contributed by atoms with E-state index in [4.69, 9.17) is 17.3 Å². The number of carbonyl (C=O) groups excluding carboxylic acids is 1. The summed E-state index contributed by atoms with van der Waals surface area (Å²) in [7, 11) is 0. The zero-order valence-electron chi connectivity index (χ0n) is 12.0. The van der Waals surface area contributed by atoms with Crippen LogP contribution in [0.5, 0.6) is 0 Å². The molecule has 0 saturated heterocycles. The second kappa shape index (κ2) is 7.59. The van der Waals surface area contributed by atoms with Crippen LogP contribution in [0.15, 0.2) is 42.5 Å². The Hall–Kier alpha value is -1.36. The summed E-state index contributed by atoms with van der Waals surface area (Å²) < 4.78 is 0.738. The van der Waals surface area contributed by atoms with Crippen molar-refractivity contribution >= 4 is 28.8 Å². The van der Waals surface area contributed by atoms with Gasteiger partial charge in [0.1, 0.15) is 0 Å². The van der Waals surface area contributed by atoms with E-state index in [2.05, 4.69) is 0 Å². The van der Waals surface area contributed by atoms with E-state index >= 15 is 0 Å². The quantitative estimate of drug-likeness (QED) is 0.886. The Balaban J connectivity index is 1.98. The molecule has 2 aromatic rings. The third-order valence-corrected chi connectivity index (χ3v) is 4.50. The van der Waals surface area contributed by atoms with E-state index in [1.165, 1.54) is 11.3 Å². The molecule has 0 aliphatic carbocycles. The van der Waals surface area contributed by atoms with Crippen molar-refractivity contribution in [2.45, 2.75) is 25.9 Å². The maximum absolute atomic E-state index is 12.5. The molecule has 0 bridgehead atoms. The van der Waals surface area contributed by atoms with Gasteiger partial charge in [0.25, 0.3) is 0 Å². The second-order valence-electron chi connectivity index (χ2n) is 4.85. The zero-order valence-corrected chi connectivity index (χ0v) is 13.5. The first-order valence-electron chi connectivity index (χ1n) is 6.92. The third kappa shape index (κ3) is 4.56. The molecule has 0 fully saturated rings. The normalized spacial score (nSPS) is 12.1. The number of nitrogens with two attached hydrogens (primary N) is 1. The summed E-state index contributed by atoms with van der Waals surface area (Å²) in [5.74, 6) is -0.0223. The van der Waals surface area contributed by atoms with Crippen LogP contribution in [0.1, 0.15) is 17.4 Å². The predicted molar refractivity (Wildman–Crippen MR) is 88.5 cm³/mol. The largest absolute Gasteiger partial charge is 0.336 e. The molecule has 3 nitrogen and oxygen atoms in total. The van der Waals surface area contributed by atoms with Crippen LogP contribution in [0.2, 0.25) is 4.34 Å². The lowest BCUT2D eigenvalue weighted by Gasteiger charge is -2.24. The number of amides is 1. The van der Waals surface area contributed by atoms with Gasteiger partial charge in [-0.05, 0) is 31.0 Å². The summed E-state index contributed by atoms with van der Waals surface area (Å²) in [5, 5.41) is 0. The molecule has 2 rings (SSSR count). The van der Waals surface area contributed by atoms with E-state index in [9.17, 15) is 4.79 Å². The molecule has 0 radical (unpaired) electrons. The minimum absolute atomic E-state index is 0.0223. The number of likely N-dealkylation sites (N-methyl/N-ethyl adjacent to an activating group) is 1. The first-order valence-corrected chi connectivity index (χ1v) is 8.12. The minimum Gasteiger partial charge on any atom is -0.336 e. The lowest BCUT2D eigenvalue weighted by molar-refractivity contribution is -0.132. The molecule has 0 spiro atoms. The van der Waals surface area contributed by atoms with E-state index in [-0.39, 0.29) is 5.91 Å². The van der Waals surface area contributed by atoms with E-state index < -0.39 is 6.04 Å². The number of benzene rings is 1. The molecule has 1 amide bonds. The molecular weight excluding hydrogens is 304 g/mol. The maximum atomic E-state index is 12.5. The highest BCUT2D eigenvalue weighted by Crippen LogP contribution is 2.23. The highest BCUT2D eigenvalue weighted by molar-refractivity contribution is 7.16. The van der Waals surface area contributed by atoms with Crippen molar-refractivity contribution in [1.82, 2.24) is 4.90 Å². The standard InChI is InChI=1S/C16H19ClN2OS/c1-2-19(11-13-8-9-15(17)21-13)16(20)14(18)10-12-6-4-3-5-7-12/h3-9,14H,2,10-11,18H2,1H3. The van der Waals surface area contributed by atoms with Gasteiger partial charge in [-0.25, -0.2) is 0 Å². The molecule has 1 aromatic heterocycles. The molecule has 0 saturated carbocycles. The van der Waals surface area contributed by atoms with Gasteiger partial charge in [0.15, 0.2) is 0 Å². The molecule has 0 aliphatic heterocycles. The van der Waals surface area contributed by atoms with Crippen molar-refractivity contribution in [2.75, 3.05) is 6.54 Å². The Morgan fingerprint density at radius 2 is 2.00 bits per heavy atom. The smallest absolute Gasteiger partial charge is 0.240 e. The number of thiophene rings is 1. The Bertz CT molecular complexity index is 585. The van der Waals surface area contributed by atoms with Gasteiger partial charge in [0, 0.05) is 11.4 Å². The van der Waals surface area contributed by atoms with Crippen LogP contribution in [-0.2, 0) is 17.8 Å². The second-order valence-corrected chi connectivity index (χ2v) is 6.65. The summed E-state index contributed by atoms with van der Waals surface area (Å²) in [6.07, 6.45) is 0.557. The number of halogens is 1. The SMILES string of the molecule is CCN(Cc1ccc(Cl)s1)C(=O)C(N)Cc1ccccc1. The van der Waals surface area contributed by atoms with Crippen molar-refractivity contribution in [3.05, 3.63) is 57.2 Å². The van der Waals surface area contributed by atoms with Gasteiger partial charge >= 0.3 is 0 Å². The van der Waals surface area contributed by atoms with E-state index in [1.807, 2.05) is 49.4 Å². The van der Waals surface area contributed by atoms with Crippen molar-refractivity contribution < 1.29 is 4.79 Å². The summed E-state index contributed by atoms with van der Waals surface area (Å²) in [4.78, 5) is 15.3. The molecule has 1 heterocycles. The fourth-order valence-corrected chi connectivity index (χ4v) is 3.26. The van der Waals surface area contributed by atoms with Crippen molar-refractivity contribution in [1.29, 1.82) is 0 Å². The summed E-state index contributed by atoms with van der Waals surface area (Å²) in [6.45, 7) is 3.16. The van der Waals surface area contributed by atoms with Crippen molar-refractivity contribution in [2.24, 2.45) is 5.73 Å². The summed E-state index contributed by atoms with van der Waals surface area (Å²) in [6, 6.07) is 13.1. The van der Waals surface area contributed by atoms with Crippen LogP contribution >= 0.6 is 22.9 Å². The predicted octanol–water partition coefficient (Wildman–Crippen LogP) is 3.32. The number of rotatable bonds is 6. The topological polar surface area (TPSA) is 46.3 Å². The molecule has 2 N–H and O–H groups in total. The highest BCUT2D eigenvalue weighted by Gasteiger charge is 2.20. The fourth-order valence-electron chi connectivity index (χ4n) is 2.16. The lowest BCUT2D eigenvalue weighted by atomic mass is 10.1. The first kappa shape index (κ1) is 16.0. The Morgan fingerprint density at radius 3 is 2.57 bits per heavy atom. The zero-order chi connectivity index (χ0) is 15.2. The van der Waals surface area contributed by atoms with Crippen LogP contribution in [0, 0.1) is 0 Å². The molecular formula is C16H19ClN2OS. The Kier molecular flexibility index (Phi) is 5.79. The van der Waals surface area contributed by atoms with Crippen molar-refractivity contribution in [3.8, 4) is 0 Å². The molecule has 1 unspecified atom stereocenters. The van der Waals surface area contributed by atoms with E-state index in [0.29, 0.717) is 19.5 Å². The number of hydrogen-bond acceptors (Lipinski definition) is 3. The third-order valence-electron chi connectivity index (χ3n) is 3.28. The Labute approximate surface area is 134 Å². The van der Waals surface area contributed by atoms with Crippen LogP contribution in [0.3, 0.4) is 0 Å². The molecule has 5 heteroatoms. The minimum atomic E-state index is -0.511. The van der Waals surface area contributed by atoms with Gasteiger partial charge in [-0.2, -0.15) is 0 Å². The Morgan fingerprint density at radius 1 is 1.29 bits per heavy atom. The van der Waals surface area contributed by atoms with Gasteiger partial charge < -0.3 is 10.6 Å². The van der Waals surface area contributed by atoms with E-state index in [0.717, 1.165) is 14.8 Å². The monoisotopic (exact) mass is 322 g/mol. The average molecular weight is 323 g/mol.